The average Bonchev–Trinajstić information content (AvgIpc) is 2.83. The summed E-state index contributed by atoms with van der Waals surface area (Å²) in [6.45, 7) is 6.04. The smallest absolute Gasteiger partial charge is 0.412 e. The second-order valence-corrected chi connectivity index (χ2v) is 8.48. The summed E-state index contributed by atoms with van der Waals surface area (Å²) < 4.78 is 6.16. The van der Waals surface area contributed by atoms with Gasteiger partial charge in [0.2, 0.25) is 0 Å². The number of carbonyl (C=O) groups is 1. The summed E-state index contributed by atoms with van der Waals surface area (Å²) in [7, 11) is 0. The van der Waals surface area contributed by atoms with Crippen LogP contribution in [0.1, 0.15) is 24.5 Å². The number of pyridine rings is 1. The number of hydrogen-bond acceptors (Lipinski definition) is 4. The van der Waals surface area contributed by atoms with Crippen LogP contribution in [0.2, 0.25) is 0 Å². The Hall–Kier alpha value is -3.18. The minimum atomic E-state index is -0.431. The third-order valence-corrected chi connectivity index (χ3v) is 6.75. The summed E-state index contributed by atoms with van der Waals surface area (Å²) in [6.07, 6.45) is 5.27. The second-order valence-electron chi connectivity index (χ2n) is 8.48. The van der Waals surface area contributed by atoms with Crippen molar-refractivity contribution in [2.75, 3.05) is 18.4 Å². The highest BCUT2D eigenvalue weighted by atomic mass is 16.6. The summed E-state index contributed by atoms with van der Waals surface area (Å²) in [5.74, 6) is 1.10. The van der Waals surface area contributed by atoms with Gasteiger partial charge in [-0.15, -0.1) is 6.58 Å². The average molecular weight is 414 g/mol. The number of piperidine rings is 3. The molecule has 1 aromatic heterocycles. The van der Waals surface area contributed by atoms with Gasteiger partial charge < -0.3 is 4.74 Å². The van der Waals surface area contributed by atoms with Gasteiger partial charge in [0.25, 0.3) is 0 Å². The predicted octanol–water partition coefficient (Wildman–Crippen LogP) is 5.42. The van der Waals surface area contributed by atoms with E-state index in [1.165, 1.54) is 6.42 Å². The SMILES string of the molecule is C=C[C@H]1CN2CC[C@@H]1C[C@H]2[C@H](OC(=O)Nc1ccccc1)c1ccnc2ccccc12. The molecule has 3 aliphatic rings. The molecule has 1 unspecified atom stereocenters. The fourth-order valence-electron chi connectivity index (χ4n) is 5.19. The summed E-state index contributed by atoms with van der Waals surface area (Å²) >= 11 is 0. The first kappa shape index (κ1) is 19.8. The van der Waals surface area contributed by atoms with Crippen molar-refractivity contribution in [2.45, 2.75) is 25.0 Å². The third kappa shape index (κ3) is 3.93. The van der Waals surface area contributed by atoms with Crippen LogP contribution in [-0.2, 0) is 4.74 Å². The topological polar surface area (TPSA) is 54.5 Å². The van der Waals surface area contributed by atoms with Crippen molar-refractivity contribution in [1.82, 2.24) is 9.88 Å². The lowest BCUT2D eigenvalue weighted by Crippen LogP contribution is -2.55. The van der Waals surface area contributed by atoms with Crippen molar-refractivity contribution in [3.8, 4) is 0 Å². The van der Waals surface area contributed by atoms with E-state index in [0.29, 0.717) is 11.8 Å². The van der Waals surface area contributed by atoms with Crippen molar-refractivity contribution in [3.63, 3.8) is 0 Å². The van der Waals surface area contributed by atoms with Crippen LogP contribution in [0.3, 0.4) is 0 Å². The van der Waals surface area contributed by atoms with E-state index in [-0.39, 0.29) is 12.1 Å². The number of amides is 1. The lowest BCUT2D eigenvalue weighted by atomic mass is 9.73. The quantitative estimate of drug-likeness (QED) is 0.568. The van der Waals surface area contributed by atoms with Gasteiger partial charge in [-0.25, -0.2) is 4.79 Å². The van der Waals surface area contributed by atoms with Crippen LogP contribution in [-0.4, -0.2) is 35.1 Å². The molecule has 1 amide bonds. The van der Waals surface area contributed by atoms with E-state index in [1.807, 2.05) is 60.8 Å². The molecular formula is C26H27N3O2. The lowest BCUT2D eigenvalue weighted by molar-refractivity contribution is -0.0473. The van der Waals surface area contributed by atoms with Crippen molar-refractivity contribution in [2.24, 2.45) is 11.8 Å². The molecule has 0 saturated carbocycles. The minimum absolute atomic E-state index is 0.141. The van der Waals surface area contributed by atoms with Crippen molar-refractivity contribution < 1.29 is 9.53 Å². The van der Waals surface area contributed by atoms with Crippen LogP contribution in [0.25, 0.3) is 10.9 Å². The number of para-hydroxylation sites is 2. The summed E-state index contributed by atoms with van der Waals surface area (Å²) in [4.78, 5) is 19.9. The Bertz CT molecular complexity index is 1080. The van der Waals surface area contributed by atoms with Gasteiger partial charge in [-0.1, -0.05) is 42.5 Å². The molecule has 0 spiro atoms. The zero-order chi connectivity index (χ0) is 21.2. The number of hydrogen-bond donors (Lipinski definition) is 1. The van der Waals surface area contributed by atoms with Gasteiger partial charge in [-0.3, -0.25) is 15.2 Å². The first-order chi connectivity index (χ1) is 15.2. The zero-order valence-corrected chi connectivity index (χ0v) is 17.5. The van der Waals surface area contributed by atoms with Gasteiger partial charge in [0, 0.05) is 29.4 Å². The Morgan fingerprint density at radius 2 is 1.97 bits per heavy atom. The van der Waals surface area contributed by atoms with E-state index in [2.05, 4.69) is 33.9 Å². The molecule has 5 heteroatoms. The number of aromatic nitrogens is 1. The maximum atomic E-state index is 12.9. The van der Waals surface area contributed by atoms with Gasteiger partial charge >= 0.3 is 6.09 Å². The number of carbonyl (C=O) groups excluding carboxylic acids is 1. The maximum Gasteiger partial charge on any atom is 0.412 e. The monoisotopic (exact) mass is 413 g/mol. The molecule has 3 saturated heterocycles. The van der Waals surface area contributed by atoms with E-state index in [0.717, 1.165) is 41.7 Å². The van der Waals surface area contributed by atoms with Gasteiger partial charge in [-0.2, -0.15) is 0 Å². The first-order valence-corrected chi connectivity index (χ1v) is 11.0. The van der Waals surface area contributed by atoms with E-state index in [9.17, 15) is 4.79 Å². The number of nitrogens with zero attached hydrogens (tertiary/aromatic N) is 2. The molecule has 6 rings (SSSR count). The van der Waals surface area contributed by atoms with Crippen molar-refractivity contribution in [3.05, 3.63) is 85.1 Å². The Morgan fingerprint density at radius 1 is 1.16 bits per heavy atom. The van der Waals surface area contributed by atoms with Crippen LogP contribution in [0.15, 0.2) is 79.5 Å². The number of fused-ring (bicyclic) bond motifs is 4. The van der Waals surface area contributed by atoms with E-state index in [4.69, 9.17) is 4.74 Å². The lowest BCUT2D eigenvalue weighted by Gasteiger charge is -2.51. The molecule has 3 aromatic rings. The second kappa shape index (κ2) is 8.52. The van der Waals surface area contributed by atoms with Crippen LogP contribution < -0.4 is 5.32 Å². The molecule has 0 radical (unpaired) electrons. The highest BCUT2D eigenvalue weighted by Crippen LogP contribution is 2.43. The Morgan fingerprint density at radius 3 is 2.74 bits per heavy atom. The Labute approximate surface area is 182 Å². The molecular weight excluding hydrogens is 386 g/mol. The molecule has 5 atom stereocenters. The van der Waals surface area contributed by atoms with Gasteiger partial charge in [0.1, 0.15) is 6.10 Å². The third-order valence-electron chi connectivity index (χ3n) is 6.75. The number of ether oxygens (including phenoxy) is 1. The molecule has 4 heterocycles. The van der Waals surface area contributed by atoms with Crippen LogP contribution in [0.5, 0.6) is 0 Å². The number of rotatable bonds is 5. The molecule has 1 N–H and O–H groups in total. The number of nitrogens with one attached hydrogen (secondary N) is 1. The first-order valence-electron chi connectivity index (χ1n) is 11.0. The fourth-order valence-corrected chi connectivity index (χ4v) is 5.19. The highest BCUT2D eigenvalue weighted by molar-refractivity contribution is 5.86. The molecule has 2 bridgehead atoms. The molecule has 3 aliphatic heterocycles. The van der Waals surface area contributed by atoms with Crippen molar-refractivity contribution >= 4 is 22.7 Å². The molecule has 3 fully saturated rings. The normalized spacial score (nSPS) is 25.7. The van der Waals surface area contributed by atoms with E-state index >= 15 is 0 Å². The summed E-state index contributed by atoms with van der Waals surface area (Å²) in [6, 6.07) is 19.6. The van der Waals surface area contributed by atoms with Crippen molar-refractivity contribution in [1.29, 1.82) is 0 Å². The van der Waals surface area contributed by atoms with Gasteiger partial charge in [-0.05, 0) is 55.5 Å². The minimum Gasteiger partial charge on any atom is -0.439 e. The number of benzene rings is 2. The molecule has 5 nitrogen and oxygen atoms in total. The number of anilines is 1. The highest BCUT2D eigenvalue weighted by Gasteiger charge is 2.44. The van der Waals surface area contributed by atoms with E-state index in [1.54, 1.807) is 0 Å². The van der Waals surface area contributed by atoms with Crippen LogP contribution in [0.4, 0.5) is 10.5 Å². The van der Waals surface area contributed by atoms with Gasteiger partial charge in [0.15, 0.2) is 0 Å². The van der Waals surface area contributed by atoms with Crippen LogP contribution in [0, 0.1) is 11.8 Å². The molecule has 31 heavy (non-hydrogen) atoms. The maximum absolute atomic E-state index is 12.9. The standard InChI is InChI=1S/C26H27N3O2/c1-2-18-17-29-15-13-19(18)16-24(29)25(31-26(30)28-20-8-4-3-5-9-20)22-12-14-27-23-11-7-6-10-21(22)23/h2-12,14,18-19,24-25H,1,13,15-17H2,(H,28,30)/t18-,19+,24-,25+/m0/s1. The predicted molar refractivity (Wildman–Crippen MR) is 123 cm³/mol. The van der Waals surface area contributed by atoms with Gasteiger partial charge in [0.05, 0.1) is 11.6 Å². The summed E-state index contributed by atoms with van der Waals surface area (Å²) in [5, 5.41) is 3.91. The zero-order valence-electron chi connectivity index (χ0n) is 17.5. The van der Waals surface area contributed by atoms with Crippen LogP contribution >= 0.6 is 0 Å². The summed E-state index contributed by atoms with van der Waals surface area (Å²) in [5.41, 5.74) is 2.65. The Balaban J connectivity index is 1.48. The molecule has 2 aromatic carbocycles. The molecule has 0 aliphatic carbocycles. The van der Waals surface area contributed by atoms with E-state index < -0.39 is 6.09 Å². The fraction of sp³-hybridized carbons (Fsp3) is 0.308. The Kier molecular flexibility index (Phi) is 5.43. The largest absolute Gasteiger partial charge is 0.439 e. The molecule has 158 valence electrons.